The van der Waals surface area contributed by atoms with Crippen LogP contribution < -0.4 is 5.73 Å². The van der Waals surface area contributed by atoms with Crippen LogP contribution in [0.15, 0.2) is 12.4 Å². The van der Waals surface area contributed by atoms with Crippen LogP contribution in [0.5, 0.6) is 0 Å². The molecule has 1 aliphatic heterocycles. The molecule has 1 unspecified atom stereocenters. The van der Waals surface area contributed by atoms with Gasteiger partial charge < -0.3 is 15.2 Å². The van der Waals surface area contributed by atoms with Gasteiger partial charge in [-0.1, -0.05) is 0 Å². The van der Waals surface area contributed by atoms with Crippen molar-refractivity contribution < 1.29 is 0 Å². The first-order valence-electron chi connectivity index (χ1n) is 6.21. The molecule has 16 heavy (non-hydrogen) atoms. The summed E-state index contributed by atoms with van der Waals surface area (Å²) in [7, 11) is 2.21. The van der Waals surface area contributed by atoms with E-state index in [0.717, 1.165) is 12.2 Å². The van der Waals surface area contributed by atoms with Gasteiger partial charge in [-0.25, -0.2) is 4.98 Å². The highest BCUT2D eigenvalue weighted by molar-refractivity contribution is 4.96. The summed E-state index contributed by atoms with van der Waals surface area (Å²) >= 11 is 0. The minimum Gasteiger partial charge on any atom is -0.332 e. The molecule has 1 atom stereocenters. The molecule has 1 saturated heterocycles. The molecule has 1 aliphatic rings. The summed E-state index contributed by atoms with van der Waals surface area (Å²) < 4.78 is 2.34. The average Bonchev–Trinajstić information content (AvgIpc) is 2.61. The maximum atomic E-state index is 5.61. The number of hydrogen-bond donors (Lipinski definition) is 1. The van der Waals surface area contributed by atoms with Gasteiger partial charge in [0, 0.05) is 24.9 Å². The van der Waals surface area contributed by atoms with Crippen LogP contribution in [0, 0.1) is 0 Å². The lowest BCUT2D eigenvalue weighted by atomic mass is 10.1. The summed E-state index contributed by atoms with van der Waals surface area (Å²) in [5, 5.41) is 0. The molecule has 0 bridgehead atoms. The topological polar surface area (TPSA) is 47.1 Å². The van der Waals surface area contributed by atoms with Crippen molar-refractivity contribution >= 4 is 0 Å². The van der Waals surface area contributed by atoms with Gasteiger partial charge in [0.05, 0.1) is 0 Å². The molecule has 1 aromatic rings. The van der Waals surface area contributed by atoms with Crippen LogP contribution in [-0.2, 0) is 6.42 Å². The third-order valence-corrected chi connectivity index (χ3v) is 3.43. The van der Waals surface area contributed by atoms with Gasteiger partial charge in [-0.3, -0.25) is 0 Å². The number of aromatic nitrogens is 2. The second-order valence-corrected chi connectivity index (χ2v) is 4.68. The maximum Gasteiger partial charge on any atom is 0.110 e. The molecule has 2 rings (SSSR count). The first kappa shape index (κ1) is 11.6. The first-order valence-corrected chi connectivity index (χ1v) is 6.21. The molecule has 2 N–H and O–H groups in total. The monoisotopic (exact) mass is 222 g/mol. The van der Waals surface area contributed by atoms with Gasteiger partial charge >= 0.3 is 0 Å². The van der Waals surface area contributed by atoms with Crippen LogP contribution in [0.4, 0.5) is 0 Å². The smallest absolute Gasteiger partial charge is 0.110 e. The van der Waals surface area contributed by atoms with Crippen molar-refractivity contribution in [1.29, 1.82) is 0 Å². The van der Waals surface area contributed by atoms with Crippen molar-refractivity contribution in [2.75, 3.05) is 26.7 Å². The molecular weight excluding hydrogens is 200 g/mol. The van der Waals surface area contributed by atoms with E-state index in [1.54, 1.807) is 0 Å². The third-order valence-electron chi connectivity index (χ3n) is 3.43. The number of likely N-dealkylation sites (tertiary alicyclic amines) is 1. The average molecular weight is 222 g/mol. The van der Waals surface area contributed by atoms with E-state index in [4.69, 9.17) is 5.73 Å². The second-order valence-electron chi connectivity index (χ2n) is 4.68. The van der Waals surface area contributed by atoms with Crippen molar-refractivity contribution in [3.63, 3.8) is 0 Å². The van der Waals surface area contributed by atoms with E-state index >= 15 is 0 Å². The Morgan fingerprint density at radius 1 is 1.44 bits per heavy atom. The normalized spacial score (nSPS) is 23.2. The Balaban J connectivity index is 2.07. The fourth-order valence-corrected chi connectivity index (χ4v) is 2.50. The summed E-state index contributed by atoms with van der Waals surface area (Å²) in [6, 6.07) is 0.619. The minimum atomic E-state index is 0.619. The highest BCUT2D eigenvalue weighted by Crippen LogP contribution is 2.23. The molecule has 4 nitrogen and oxygen atoms in total. The Bertz CT molecular complexity index is 321. The van der Waals surface area contributed by atoms with E-state index in [0.29, 0.717) is 12.6 Å². The van der Waals surface area contributed by atoms with Crippen LogP contribution in [0.3, 0.4) is 0 Å². The molecule has 0 amide bonds. The SMILES string of the molecule is CN1CCCC(n2ccnc2CCN)CC1. The van der Waals surface area contributed by atoms with Crippen LogP contribution in [0.25, 0.3) is 0 Å². The molecule has 2 heterocycles. The minimum absolute atomic E-state index is 0.619. The van der Waals surface area contributed by atoms with E-state index in [2.05, 4.69) is 27.7 Å². The largest absolute Gasteiger partial charge is 0.332 e. The molecular formula is C12H22N4. The van der Waals surface area contributed by atoms with E-state index in [1.165, 1.54) is 32.4 Å². The first-order chi connectivity index (χ1) is 7.81. The summed E-state index contributed by atoms with van der Waals surface area (Å²) in [6.45, 7) is 3.09. The molecule has 90 valence electrons. The zero-order valence-electron chi connectivity index (χ0n) is 10.1. The van der Waals surface area contributed by atoms with E-state index in [-0.39, 0.29) is 0 Å². The van der Waals surface area contributed by atoms with Gasteiger partial charge in [-0.05, 0) is 45.9 Å². The van der Waals surface area contributed by atoms with Crippen molar-refractivity contribution in [3.8, 4) is 0 Å². The van der Waals surface area contributed by atoms with Gasteiger partial charge in [0.2, 0.25) is 0 Å². The lowest BCUT2D eigenvalue weighted by Gasteiger charge is -2.19. The van der Waals surface area contributed by atoms with Gasteiger partial charge in [-0.15, -0.1) is 0 Å². The molecule has 0 saturated carbocycles. The Hall–Kier alpha value is -0.870. The van der Waals surface area contributed by atoms with Gasteiger partial charge in [0.1, 0.15) is 5.82 Å². The summed E-state index contributed by atoms with van der Waals surface area (Å²) in [6.07, 6.45) is 8.67. The fourth-order valence-electron chi connectivity index (χ4n) is 2.50. The number of nitrogens with zero attached hydrogens (tertiary/aromatic N) is 3. The molecule has 0 radical (unpaired) electrons. The Morgan fingerprint density at radius 3 is 3.12 bits per heavy atom. The molecule has 1 fully saturated rings. The highest BCUT2D eigenvalue weighted by Gasteiger charge is 2.18. The molecule has 0 spiro atoms. The molecule has 1 aromatic heterocycles. The Morgan fingerprint density at radius 2 is 2.31 bits per heavy atom. The predicted octanol–water partition coefficient (Wildman–Crippen LogP) is 1.04. The van der Waals surface area contributed by atoms with Crippen molar-refractivity contribution in [2.24, 2.45) is 5.73 Å². The standard InChI is InChI=1S/C12H22N4/c1-15-8-2-3-11(5-9-15)16-10-7-14-12(16)4-6-13/h7,10-11H,2-6,8-9,13H2,1H3. The van der Waals surface area contributed by atoms with Crippen molar-refractivity contribution in [2.45, 2.75) is 31.7 Å². The quantitative estimate of drug-likeness (QED) is 0.831. The van der Waals surface area contributed by atoms with Gasteiger partial charge in [-0.2, -0.15) is 0 Å². The summed E-state index contributed by atoms with van der Waals surface area (Å²) in [5.74, 6) is 1.15. The number of nitrogens with two attached hydrogens (primary N) is 1. The molecule has 4 heteroatoms. The predicted molar refractivity (Wildman–Crippen MR) is 65.4 cm³/mol. The summed E-state index contributed by atoms with van der Waals surface area (Å²) in [4.78, 5) is 6.82. The van der Waals surface area contributed by atoms with E-state index < -0.39 is 0 Å². The van der Waals surface area contributed by atoms with Crippen LogP contribution in [-0.4, -0.2) is 41.1 Å². The third kappa shape index (κ3) is 2.62. The zero-order valence-corrected chi connectivity index (χ0v) is 10.1. The van der Waals surface area contributed by atoms with Crippen molar-refractivity contribution in [3.05, 3.63) is 18.2 Å². The fraction of sp³-hybridized carbons (Fsp3) is 0.750. The Kier molecular flexibility index (Phi) is 3.96. The van der Waals surface area contributed by atoms with Crippen LogP contribution >= 0.6 is 0 Å². The van der Waals surface area contributed by atoms with Gasteiger partial charge in [0.25, 0.3) is 0 Å². The number of rotatable bonds is 3. The second kappa shape index (κ2) is 5.46. The molecule has 0 aliphatic carbocycles. The number of hydrogen-bond acceptors (Lipinski definition) is 3. The van der Waals surface area contributed by atoms with Crippen LogP contribution in [0.1, 0.15) is 31.1 Å². The highest BCUT2D eigenvalue weighted by atomic mass is 15.1. The summed E-state index contributed by atoms with van der Waals surface area (Å²) in [5.41, 5.74) is 5.61. The number of imidazole rings is 1. The lowest BCUT2D eigenvalue weighted by Crippen LogP contribution is -2.20. The van der Waals surface area contributed by atoms with E-state index in [9.17, 15) is 0 Å². The van der Waals surface area contributed by atoms with E-state index in [1.807, 2.05) is 6.20 Å². The maximum absolute atomic E-state index is 5.61. The van der Waals surface area contributed by atoms with Crippen molar-refractivity contribution in [1.82, 2.24) is 14.5 Å². The van der Waals surface area contributed by atoms with Crippen LogP contribution in [0.2, 0.25) is 0 Å². The zero-order chi connectivity index (χ0) is 11.4. The lowest BCUT2D eigenvalue weighted by molar-refractivity contribution is 0.340. The molecule has 0 aromatic carbocycles. The Labute approximate surface area is 97.4 Å². The van der Waals surface area contributed by atoms with Gasteiger partial charge in [0.15, 0.2) is 0 Å².